The number of oxime groups is 1. The molecule has 1 aromatic rings. The molecule has 1 aromatic carbocycles. The van der Waals surface area contributed by atoms with Gasteiger partial charge < -0.3 is 0 Å². The topological polar surface area (TPSA) is 40.0 Å². The SMILES string of the molecule is COc1c[c]([Sn]([CH3])([CH3])[CH3])ccc1C1=NOC(COSC)C1. The van der Waals surface area contributed by atoms with Gasteiger partial charge in [0.2, 0.25) is 0 Å². The second kappa shape index (κ2) is 7.24. The molecule has 0 N–H and O–H groups in total. The summed E-state index contributed by atoms with van der Waals surface area (Å²) < 4.78 is 12.3. The van der Waals surface area contributed by atoms with Crippen molar-refractivity contribution in [1.82, 2.24) is 0 Å². The molecule has 0 saturated heterocycles. The molecule has 1 atom stereocenters. The Bertz CT molecular complexity index is 528. The van der Waals surface area contributed by atoms with Crippen LogP contribution in [-0.4, -0.2) is 50.2 Å². The van der Waals surface area contributed by atoms with E-state index < -0.39 is 18.4 Å². The predicted molar refractivity (Wildman–Crippen MR) is 91.5 cm³/mol. The predicted octanol–water partition coefficient (Wildman–Crippen LogP) is 3.03. The third-order valence-electron chi connectivity index (χ3n) is 3.48. The summed E-state index contributed by atoms with van der Waals surface area (Å²) in [7, 11) is 1.71. The molecule has 21 heavy (non-hydrogen) atoms. The van der Waals surface area contributed by atoms with Crippen LogP contribution in [0.2, 0.25) is 14.8 Å². The van der Waals surface area contributed by atoms with E-state index in [4.69, 9.17) is 13.8 Å². The first-order chi connectivity index (χ1) is 9.95. The molecule has 1 aliphatic rings. The number of hydrogen-bond acceptors (Lipinski definition) is 5. The van der Waals surface area contributed by atoms with Gasteiger partial charge in [-0.2, -0.15) is 0 Å². The van der Waals surface area contributed by atoms with E-state index >= 15 is 0 Å². The van der Waals surface area contributed by atoms with E-state index in [0.29, 0.717) is 6.61 Å². The normalized spacial score (nSPS) is 18.3. The second-order valence-electron chi connectivity index (χ2n) is 6.09. The maximum absolute atomic E-state index is 5.57. The van der Waals surface area contributed by atoms with Crippen LogP contribution in [0.25, 0.3) is 0 Å². The van der Waals surface area contributed by atoms with Gasteiger partial charge in [0.05, 0.1) is 0 Å². The standard InChI is InChI=1S/C12H14NO3S.3CH3.Sn/c1-14-12-6-4-3-5-10(12)11-7-9(16-13-11)8-15-17-2;;;;/h3,5-6,9H,7-8H2,1-2H3;3*1H3;. The van der Waals surface area contributed by atoms with Crippen molar-refractivity contribution in [3.05, 3.63) is 23.8 Å². The molecule has 1 aliphatic heterocycles. The van der Waals surface area contributed by atoms with Gasteiger partial charge >= 0.3 is 135 Å². The third-order valence-corrected chi connectivity index (χ3v) is 9.69. The molecule has 1 heterocycles. The van der Waals surface area contributed by atoms with Gasteiger partial charge in [0.25, 0.3) is 0 Å². The van der Waals surface area contributed by atoms with E-state index in [-0.39, 0.29) is 6.10 Å². The van der Waals surface area contributed by atoms with Gasteiger partial charge in [-0.05, 0) is 0 Å². The van der Waals surface area contributed by atoms with E-state index in [2.05, 4.69) is 38.2 Å². The summed E-state index contributed by atoms with van der Waals surface area (Å²) >= 11 is -0.737. The summed E-state index contributed by atoms with van der Waals surface area (Å²) in [5.41, 5.74) is 1.97. The van der Waals surface area contributed by atoms with Crippen molar-refractivity contribution in [1.29, 1.82) is 0 Å². The Morgan fingerprint density at radius 3 is 2.76 bits per heavy atom. The molecule has 2 rings (SSSR count). The molecule has 6 heteroatoms. The average Bonchev–Trinajstić information content (AvgIpc) is 2.92. The quantitative estimate of drug-likeness (QED) is 0.528. The Balaban J connectivity index is 2.17. The van der Waals surface area contributed by atoms with Crippen molar-refractivity contribution in [2.75, 3.05) is 20.0 Å². The molecule has 0 bridgehead atoms. The number of rotatable bonds is 6. The van der Waals surface area contributed by atoms with Crippen molar-refractivity contribution in [2.45, 2.75) is 27.3 Å². The molecular formula is C15H23NO3SSn. The Morgan fingerprint density at radius 2 is 2.14 bits per heavy atom. The molecule has 0 spiro atoms. The van der Waals surface area contributed by atoms with Gasteiger partial charge in [-0.3, -0.25) is 0 Å². The van der Waals surface area contributed by atoms with Crippen molar-refractivity contribution >= 4 is 39.7 Å². The molecule has 0 fully saturated rings. The molecule has 4 nitrogen and oxygen atoms in total. The van der Waals surface area contributed by atoms with Crippen molar-refractivity contribution in [3.8, 4) is 5.75 Å². The fraction of sp³-hybridized carbons (Fsp3) is 0.533. The first kappa shape index (κ1) is 17.0. The number of nitrogens with zero attached hydrogens (tertiary/aromatic N) is 1. The minimum absolute atomic E-state index is 0.00127. The number of benzene rings is 1. The van der Waals surface area contributed by atoms with Crippen LogP contribution in [0.4, 0.5) is 0 Å². The van der Waals surface area contributed by atoms with Crippen LogP contribution < -0.4 is 8.32 Å². The molecule has 0 aromatic heterocycles. The molecule has 0 radical (unpaired) electrons. The van der Waals surface area contributed by atoms with Gasteiger partial charge in [0, 0.05) is 0 Å². The van der Waals surface area contributed by atoms with E-state index in [1.165, 1.54) is 15.6 Å². The van der Waals surface area contributed by atoms with Gasteiger partial charge in [0.15, 0.2) is 0 Å². The van der Waals surface area contributed by atoms with E-state index in [9.17, 15) is 0 Å². The maximum atomic E-state index is 5.57. The summed E-state index contributed by atoms with van der Waals surface area (Å²) in [5, 5.41) is 4.21. The summed E-state index contributed by atoms with van der Waals surface area (Å²) in [6.45, 7) is 0.549. The fourth-order valence-corrected chi connectivity index (χ4v) is 5.78. The Hall–Kier alpha value is -0.401. The van der Waals surface area contributed by atoms with Crippen LogP contribution in [0.3, 0.4) is 0 Å². The van der Waals surface area contributed by atoms with Crippen molar-refractivity contribution < 1.29 is 13.8 Å². The Morgan fingerprint density at radius 1 is 1.38 bits per heavy atom. The van der Waals surface area contributed by atoms with Crippen molar-refractivity contribution in [2.24, 2.45) is 5.16 Å². The van der Waals surface area contributed by atoms with E-state index in [0.717, 1.165) is 23.4 Å². The average molecular weight is 416 g/mol. The first-order valence-electron chi connectivity index (χ1n) is 7.03. The number of ether oxygens (including phenoxy) is 1. The summed E-state index contributed by atoms with van der Waals surface area (Å²) in [6.07, 6.45) is 2.66. The van der Waals surface area contributed by atoms with Gasteiger partial charge in [-0.15, -0.1) is 0 Å². The van der Waals surface area contributed by atoms with Crippen LogP contribution in [0.5, 0.6) is 5.75 Å². The third kappa shape index (κ3) is 4.29. The summed E-state index contributed by atoms with van der Waals surface area (Å²) in [5.74, 6) is 0.896. The molecule has 0 aliphatic carbocycles. The van der Waals surface area contributed by atoms with E-state index in [1.54, 1.807) is 7.11 Å². The molecular weight excluding hydrogens is 393 g/mol. The molecule has 0 amide bonds. The Labute approximate surface area is 135 Å². The summed E-state index contributed by atoms with van der Waals surface area (Å²) in [4.78, 5) is 12.6. The van der Waals surface area contributed by atoms with Crippen LogP contribution in [-0.2, 0) is 9.02 Å². The van der Waals surface area contributed by atoms with Crippen LogP contribution in [0.15, 0.2) is 23.4 Å². The van der Waals surface area contributed by atoms with Crippen LogP contribution in [0.1, 0.15) is 12.0 Å². The zero-order valence-electron chi connectivity index (χ0n) is 13.3. The first-order valence-corrected chi connectivity index (χ1v) is 18.2. The van der Waals surface area contributed by atoms with Gasteiger partial charge in [-0.1, -0.05) is 0 Å². The zero-order valence-corrected chi connectivity index (χ0v) is 17.0. The second-order valence-corrected chi connectivity index (χ2v) is 21.1. The molecule has 0 saturated carbocycles. The fourth-order valence-electron chi connectivity index (χ4n) is 2.22. The van der Waals surface area contributed by atoms with Gasteiger partial charge in [-0.25, -0.2) is 0 Å². The van der Waals surface area contributed by atoms with E-state index in [1.807, 2.05) is 6.26 Å². The number of hydrogen-bond donors (Lipinski definition) is 0. The van der Waals surface area contributed by atoms with Crippen LogP contribution >= 0.6 is 12.0 Å². The van der Waals surface area contributed by atoms with Crippen molar-refractivity contribution in [3.63, 3.8) is 0 Å². The zero-order chi connectivity index (χ0) is 15.5. The molecule has 116 valence electrons. The van der Waals surface area contributed by atoms with Gasteiger partial charge in [0.1, 0.15) is 0 Å². The number of methoxy groups -OCH3 is 1. The minimum atomic E-state index is -2.09. The van der Waals surface area contributed by atoms with Crippen LogP contribution in [0, 0.1) is 0 Å². The monoisotopic (exact) mass is 417 g/mol. The molecule has 1 unspecified atom stereocenters. The summed E-state index contributed by atoms with van der Waals surface area (Å²) in [6, 6.07) is 6.53. The Kier molecular flexibility index (Phi) is 5.85.